The molecule has 2 rings (SSSR count). The molecule has 0 aromatic heterocycles. The van der Waals surface area contributed by atoms with Crippen molar-refractivity contribution in [2.75, 3.05) is 25.2 Å². The van der Waals surface area contributed by atoms with Crippen molar-refractivity contribution in [1.82, 2.24) is 0 Å². The van der Waals surface area contributed by atoms with E-state index in [1.165, 1.54) is 0 Å². The fourth-order valence-corrected chi connectivity index (χ4v) is 2.52. The first-order valence-corrected chi connectivity index (χ1v) is 6.68. The highest BCUT2D eigenvalue weighted by Crippen LogP contribution is 2.30. The number of nitrogens with zero attached hydrogens (tertiary/aromatic N) is 1. The number of ether oxygens (including phenoxy) is 1. The fourth-order valence-electron chi connectivity index (χ4n) is 2.52. The Hall–Kier alpha value is -1.88. The molecule has 1 amide bonds. The Labute approximate surface area is 118 Å². The Morgan fingerprint density at radius 2 is 2.20 bits per heavy atom. The topological polar surface area (TPSA) is 66.8 Å². The van der Waals surface area contributed by atoms with Crippen molar-refractivity contribution in [1.29, 1.82) is 0 Å². The van der Waals surface area contributed by atoms with Gasteiger partial charge in [-0.2, -0.15) is 0 Å². The summed E-state index contributed by atoms with van der Waals surface area (Å²) in [7, 11) is 1.62. The number of rotatable bonds is 5. The minimum absolute atomic E-state index is 0.0239. The highest BCUT2D eigenvalue weighted by Gasteiger charge is 2.26. The number of benzene rings is 1. The molecule has 0 bridgehead atoms. The second kappa shape index (κ2) is 6.05. The minimum Gasteiger partial charge on any atom is -0.478 e. The molecular weight excluding hydrogens is 258 g/mol. The van der Waals surface area contributed by atoms with Crippen molar-refractivity contribution in [3.8, 4) is 0 Å². The second-order valence-corrected chi connectivity index (χ2v) is 5.21. The molecule has 0 spiro atoms. The lowest BCUT2D eigenvalue weighted by Gasteiger charge is -2.20. The molecule has 0 aliphatic carbocycles. The Balaban J connectivity index is 2.16. The molecule has 108 valence electrons. The highest BCUT2D eigenvalue weighted by molar-refractivity contribution is 5.97. The van der Waals surface area contributed by atoms with Crippen molar-refractivity contribution >= 4 is 17.6 Å². The van der Waals surface area contributed by atoms with Crippen LogP contribution in [0.15, 0.2) is 18.2 Å². The van der Waals surface area contributed by atoms with Crippen LogP contribution in [-0.2, 0) is 16.0 Å². The van der Waals surface area contributed by atoms with Crippen molar-refractivity contribution in [3.05, 3.63) is 29.3 Å². The van der Waals surface area contributed by atoms with Gasteiger partial charge in [0.1, 0.15) is 0 Å². The number of fused-ring (bicyclic) bond motifs is 1. The van der Waals surface area contributed by atoms with Gasteiger partial charge in [-0.1, -0.05) is 13.0 Å². The molecule has 0 radical (unpaired) electrons. The van der Waals surface area contributed by atoms with Crippen molar-refractivity contribution in [3.63, 3.8) is 0 Å². The number of carboxylic acids is 1. The van der Waals surface area contributed by atoms with E-state index in [-0.39, 0.29) is 17.4 Å². The van der Waals surface area contributed by atoms with Crippen LogP contribution in [0.2, 0.25) is 0 Å². The Bertz CT molecular complexity index is 527. The molecule has 1 aliphatic rings. The van der Waals surface area contributed by atoms with Crippen molar-refractivity contribution in [2.24, 2.45) is 5.92 Å². The summed E-state index contributed by atoms with van der Waals surface area (Å²) in [5.74, 6) is -0.796. The zero-order valence-electron chi connectivity index (χ0n) is 11.8. The normalized spacial score (nSPS) is 15.0. The first kappa shape index (κ1) is 14.5. The van der Waals surface area contributed by atoms with Gasteiger partial charge in [0, 0.05) is 32.4 Å². The van der Waals surface area contributed by atoms with Crippen molar-refractivity contribution < 1.29 is 19.4 Å². The molecule has 1 heterocycles. The van der Waals surface area contributed by atoms with Gasteiger partial charge in [-0.3, -0.25) is 4.79 Å². The monoisotopic (exact) mass is 277 g/mol. The first-order chi connectivity index (χ1) is 9.52. The van der Waals surface area contributed by atoms with Gasteiger partial charge in [-0.05, 0) is 30.0 Å². The fraction of sp³-hybridized carbons (Fsp3) is 0.467. The second-order valence-electron chi connectivity index (χ2n) is 5.21. The molecule has 1 atom stereocenters. The molecule has 5 heteroatoms. The number of anilines is 1. The zero-order chi connectivity index (χ0) is 14.7. The molecule has 1 N–H and O–H groups in total. The van der Waals surface area contributed by atoms with E-state index in [4.69, 9.17) is 9.84 Å². The third-order valence-electron chi connectivity index (χ3n) is 3.50. The number of amides is 1. The van der Waals surface area contributed by atoms with Gasteiger partial charge in [0.25, 0.3) is 0 Å². The van der Waals surface area contributed by atoms with Crippen LogP contribution in [0.3, 0.4) is 0 Å². The first-order valence-electron chi connectivity index (χ1n) is 6.68. The third kappa shape index (κ3) is 2.99. The maximum absolute atomic E-state index is 12.3. The van der Waals surface area contributed by atoms with E-state index in [0.29, 0.717) is 19.6 Å². The van der Waals surface area contributed by atoms with E-state index in [1.807, 2.05) is 6.92 Å². The molecule has 20 heavy (non-hydrogen) atoms. The van der Waals surface area contributed by atoms with Gasteiger partial charge >= 0.3 is 5.97 Å². The maximum atomic E-state index is 12.3. The van der Waals surface area contributed by atoms with Gasteiger partial charge in [-0.15, -0.1) is 0 Å². The summed E-state index contributed by atoms with van der Waals surface area (Å²) in [6.07, 6.45) is 1.18. The van der Waals surface area contributed by atoms with E-state index in [2.05, 4.69) is 0 Å². The molecule has 1 aromatic rings. The molecule has 5 nitrogen and oxygen atoms in total. The Kier molecular flexibility index (Phi) is 4.39. The SMILES string of the molecule is COCC(C)CC(=O)N1CCc2ccc(C(=O)O)cc21. The standard InChI is InChI=1S/C15H19NO4/c1-10(9-20-2)7-14(17)16-6-5-11-3-4-12(15(18)19)8-13(11)16/h3-4,8,10H,5-7,9H2,1-2H3,(H,18,19). The quantitative estimate of drug-likeness (QED) is 0.893. The number of hydrogen-bond acceptors (Lipinski definition) is 3. The molecule has 0 saturated heterocycles. The van der Waals surface area contributed by atoms with Gasteiger partial charge in [0.15, 0.2) is 0 Å². The van der Waals surface area contributed by atoms with Crippen LogP contribution in [0.5, 0.6) is 0 Å². The third-order valence-corrected chi connectivity index (χ3v) is 3.50. The van der Waals surface area contributed by atoms with Gasteiger partial charge in [0.05, 0.1) is 5.56 Å². The van der Waals surface area contributed by atoms with E-state index >= 15 is 0 Å². The van der Waals surface area contributed by atoms with Crippen LogP contribution < -0.4 is 4.90 Å². The molecule has 0 fully saturated rings. The number of methoxy groups -OCH3 is 1. The lowest BCUT2D eigenvalue weighted by Crippen LogP contribution is -2.30. The predicted molar refractivity (Wildman–Crippen MR) is 75.1 cm³/mol. The van der Waals surface area contributed by atoms with Crippen LogP contribution in [0.4, 0.5) is 5.69 Å². The Morgan fingerprint density at radius 1 is 1.45 bits per heavy atom. The van der Waals surface area contributed by atoms with Crippen LogP contribution in [0.25, 0.3) is 0 Å². The van der Waals surface area contributed by atoms with Gasteiger partial charge in [-0.25, -0.2) is 4.79 Å². The summed E-state index contributed by atoms with van der Waals surface area (Å²) in [5.41, 5.74) is 1.98. The predicted octanol–water partition coefficient (Wildman–Crippen LogP) is 1.95. The lowest BCUT2D eigenvalue weighted by atomic mass is 10.1. The zero-order valence-corrected chi connectivity index (χ0v) is 11.8. The van der Waals surface area contributed by atoms with E-state index in [9.17, 15) is 9.59 Å². The summed E-state index contributed by atoms with van der Waals surface area (Å²) < 4.78 is 5.04. The van der Waals surface area contributed by atoms with E-state index in [0.717, 1.165) is 17.7 Å². The van der Waals surface area contributed by atoms with E-state index in [1.54, 1.807) is 30.2 Å². The highest BCUT2D eigenvalue weighted by atomic mass is 16.5. The summed E-state index contributed by atoms with van der Waals surface area (Å²) in [6.45, 7) is 3.13. The van der Waals surface area contributed by atoms with E-state index < -0.39 is 5.97 Å². The maximum Gasteiger partial charge on any atom is 0.335 e. The number of aromatic carboxylic acids is 1. The van der Waals surface area contributed by atoms with Gasteiger partial charge in [0.2, 0.25) is 5.91 Å². The lowest BCUT2D eigenvalue weighted by molar-refractivity contribution is -0.119. The summed E-state index contributed by atoms with van der Waals surface area (Å²) in [6, 6.07) is 4.97. The molecular formula is C15H19NO4. The minimum atomic E-state index is -0.972. The smallest absolute Gasteiger partial charge is 0.335 e. The molecule has 1 aliphatic heterocycles. The largest absolute Gasteiger partial charge is 0.478 e. The number of carbonyl (C=O) groups excluding carboxylic acids is 1. The van der Waals surface area contributed by atoms with Crippen molar-refractivity contribution in [2.45, 2.75) is 19.8 Å². The molecule has 0 saturated carbocycles. The summed E-state index contributed by atoms with van der Waals surface area (Å²) in [5, 5.41) is 9.04. The number of hydrogen-bond donors (Lipinski definition) is 1. The van der Waals surface area contributed by atoms with Crippen LogP contribution in [0.1, 0.15) is 29.3 Å². The summed E-state index contributed by atoms with van der Waals surface area (Å²) in [4.78, 5) is 25.0. The molecule has 1 aromatic carbocycles. The van der Waals surface area contributed by atoms with Gasteiger partial charge < -0.3 is 14.7 Å². The summed E-state index contributed by atoms with van der Waals surface area (Å²) >= 11 is 0. The van der Waals surface area contributed by atoms with Crippen LogP contribution in [-0.4, -0.2) is 37.2 Å². The average Bonchev–Trinajstić information content (AvgIpc) is 2.81. The Morgan fingerprint density at radius 3 is 2.85 bits per heavy atom. The van der Waals surface area contributed by atoms with Crippen LogP contribution in [0, 0.1) is 5.92 Å². The average molecular weight is 277 g/mol. The number of carboxylic acid groups (broad SMARTS) is 1. The van der Waals surface area contributed by atoms with Crippen LogP contribution >= 0.6 is 0 Å². The number of carbonyl (C=O) groups is 2. The molecule has 1 unspecified atom stereocenters.